The molecule has 2 aromatic heterocycles. The predicted octanol–water partition coefficient (Wildman–Crippen LogP) is 3.82. The van der Waals surface area contributed by atoms with Gasteiger partial charge in [-0.15, -0.1) is 11.3 Å². The predicted molar refractivity (Wildman–Crippen MR) is 83.0 cm³/mol. The zero-order chi connectivity index (χ0) is 13.8. The number of hydrogen-bond acceptors (Lipinski definition) is 4. The van der Waals surface area contributed by atoms with Crippen molar-refractivity contribution in [2.24, 2.45) is 0 Å². The molecule has 0 fully saturated rings. The number of aromatic nitrogens is 1. The molecule has 3 aromatic rings. The van der Waals surface area contributed by atoms with E-state index >= 15 is 0 Å². The molecule has 0 spiro atoms. The first kappa shape index (κ1) is 12.6. The van der Waals surface area contributed by atoms with Gasteiger partial charge in [0, 0.05) is 16.8 Å². The van der Waals surface area contributed by atoms with Crippen molar-refractivity contribution in [3.8, 4) is 6.07 Å². The van der Waals surface area contributed by atoms with Crippen molar-refractivity contribution in [3.05, 3.63) is 58.3 Å². The van der Waals surface area contributed by atoms with Crippen LogP contribution in [-0.2, 0) is 6.42 Å². The highest BCUT2D eigenvalue weighted by atomic mass is 32.1. The molecule has 20 heavy (non-hydrogen) atoms. The van der Waals surface area contributed by atoms with Crippen LogP contribution >= 0.6 is 11.3 Å². The Labute approximate surface area is 121 Å². The molecule has 0 aliphatic carbocycles. The van der Waals surface area contributed by atoms with Gasteiger partial charge in [0.05, 0.1) is 17.1 Å². The van der Waals surface area contributed by atoms with Crippen molar-refractivity contribution in [3.63, 3.8) is 0 Å². The Morgan fingerprint density at radius 1 is 1.20 bits per heavy atom. The summed E-state index contributed by atoms with van der Waals surface area (Å²) in [5.41, 5.74) is 1.51. The molecule has 0 amide bonds. The van der Waals surface area contributed by atoms with Crippen LogP contribution in [0.15, 0.2) is 47.8 Å². The molecule has 3 nitrogen and oxygen atoms in total. The number of pyridine rings is 1. The molecule has 0 bridgehead atoms. The van der Waals surface area contributed by atoms with E-state index in [0.717, 1.165) is 29.7 Å². The molecule has 0 saturated carbocycles. The summed E-state index contributed by atoms with van der Waals surface area (Å²) < 4.78 is 0. The molecule has 1 aromatic carbocycles. The second kappa shape index (κ2) is 5.72. The second-order valence-electron chi connectivity index (χ2n) is 4.44. The molecular formula is C16H13N3S. The highest BCUT2D eigenvalue weighted by Gasteiger charge is 2.04. The van der Waals surface area contributed by atoms with Crippen LogP contribution in [-0.4, -0.2) is 11.5 Å². The van der Waals surface area contributed by atoms with Crippen LogP contribution < -0.4 is 5.32 Å². The fraction of sp³-hybridized carbons (Fsp3) is 0.125. The van der Waals surface area contributed by atoms with Crippen molar-refractivity contribution in [2.45, 2.75) is 6.42 Å². The van der Waals surface area contributed by atoms with Gasteiger partial charge in [-0.3, -0.25) is 0 Å². The molecular weight excluding hydrogens is 266 g/mol. The van der Waals surface area contributed by atoms with E-state index in [1.54, 1.807) is 11.3 Å². The third kappa shape index (κ3) is 2.63. The minimum absolute atomic E-state index is 0.661. The van der Waals surface area contributed by atoms with Gasteiger partial charge in [-0.05, 0) is 30.0 Å². The summed E-state index contributed by atoms with van der Waals surface area (Å²) in [4.78, 5) is 5.89. The molecule has 0 atom stereocenters. The van der Waals surface area contributed by atoms with E-state index in [2.05, 4.69) is 33.9 Å². The highest BCUT2D eigenvalue weighted by molar-refractivity contribution is 7.09. The van der Waals surface area contributed by atoms with Crippen LogP contribution in [0.3, 0.4) is 0 Å². The van der Waals surface area contributed by atoms with Crippen molar-refractivity contribution in [2.75, 3.05) is 11.9 Å². The van der Waals surface area contributed by atoms with Gasteiger partial charge in [0.2, 0.25) is 0 Å². The number of nitrogens with one attached hydrogen (secondary N) is 1. The fourth-order valence-corrected chi connectivity index (χ4v) is 2.84. The normalized spacial score (nSPS) is 10.3. The lowest BCUT2D eigenvalue weighted by atomic mass is 10.1. The Kier molecular flexibility index (Phi) is 3.62. The van der Waals surface area contributed by atoms with E-state index in [1.807, 2.05) is 30.3 Å². The maximum atomic E-state index is 9.23. The Bertz CT molecular complexity index is 757. The zero-order valence-corrected chi connectivity index (χ0v) is 11.7. The van der Waals surface area contributed by atoms with Crippen molar-refractivity contribution < 1.29 is 0 Å². The SMILES string of the molecule is N#Cc1cc(NCCc2cccs2)nc2ccccc12. The Balaban J connectivity index is 1.80. The van der Waals surface area contributed by atoms with Gasteiger partial charge in [0.1, 0.15) is 5.82 Å². The lowest BCUT2D eigenvalue weighted by molar-refractivity contribution is 1.03. The maximum Gasteiger partial charge on any atom is 0.127 e. The van der Waals surface area contributed by atoms with Crippen molar-refractivity contribution in [1.29, 1.82) is 5.26 Å². The average molecular weight is 279 g/mol. The van der Waals surface area contributed by atoms with Crippen LogP contribution in [0.4, 0.5) is 5.82 Å². The quantitative estimate of drug-likeness (QED) is 0.789. The summed E-state index contributed by atoms with van der Waals surface area (Å²) in [5, 5.41) is 15.5. The van der Waals surface area contributed by atoms with Crippen LogP contribution in [0.5, 0.6) is 0 Å². The molecule has 0 saturated heterocycles. The molecule has 2 heterocycles. The first-order chi connectivity index (χ1) is 9.86. The van der Waals surface area contributed by atoms with E-state index in [-0.39, 0.29) is 0 Å². The largest absolute Gasteiger partial charge is 0.370 e. The minimum Gasteiger partial charge on any atom is -0.370 e. The average Bonchev–Trinajstić information content (AvgIpc) is 2.99. The number of hydrogen-bond donors (Lipinski definition) is 1. The van der Waals surface area contributed by atoms with E-state index < -0.39 is 0 Å². The minimum atomic E-state index is 0.661. The second-order valence-corrected chi connectivity index (χ2v) is 5.47. The standard InChI is InChI=1S/C16H13N3S/c17-11-12-10-16(18-8-7-13-4-3-9-20-13)19-15-6-2-1-5-14(12)15/h1-6,9-10H,7-8H2,(H,18,19). The third-order valence-electron chi connectivity index (χ3n) is 3.09. The number of fused-ring (bicyclic) bond motifs is 1. The first-order valence-corrected chi connectivity index (χ1v) is 7.31. The van der Waals surface area contributed by atoms with Gasteiger partial charge in [-0.25, -0.2) is 4.98 Å². The number of thiophene rings is 1. The smallest absolute Gasteiger partial charge is 0.127 e. The Morgan fingerprint density at radius 2 is 2.10 bits per heavy atom. The summed E-state index contributed by atoms with van der Waals surface area (Å²) in [7, 11) is 0. The molecule has 0 unspecified atom stereocenters. The Hall–Kier alpha value is -2.38. The zero-order valence-electron chi connectivity index (χ0n) is 10.8. The van der Waals surface area contributed by atoms with Crippen LogP contribution in [0.1, 0.15) is 10.4 Å². The molecule has 0 aliphatic rings. The van der Waals surface area contributed by atoms with Gasteiger partial charge < -0.3 is 5.32 Å². The summed E-state index contributed by atoms with van der Waals surface area (Å²) >= 11 is 1.76. The summed E-state index contributed by atoms with van der Waals surface area (Å²) in [5.74, 6) is 0.761. The van der Waals surface area contributed by atoms with Crippen LogP contribution in [0, 0.1) is 11.3 Å². The number of anilines is 1. The third-order valence-corrected chi connectivity index (χ3v) is 4.03. The number of para-hydroxylation sites is 1. The number of benzene rings is 1. The summed E-state index contributed by atoms with van der Waals surface area (Å²) in [6.45, 7) is 0.816. The van der Waals surface area contributed by atoms with Gasteiger partial charge in [-0.1, -0.05) is 24.3 Å². The van der Waals surface area contributed by atoms with E-state index in [9.17, 15) is 5.26 Å². The lowest BCUT2D eigenvalue weighted by Gasteiger charge is -2.07. The molecule has 0 aliphatic heterocycles. The van der Waals surface area contributed by atoms with E-state index in [1.165, 1.54) is 4.88 Å². The topological polar surface area (TPSA) is 48.7 Å². The van der Waals surface area contributed by atoms with E-state index in [0.29, 0.717) is 5.56 Å². The fourth-order valence-electron chi connectivity index (χ4n) is 2.13. The van der Waals surface area contributed by atoms with E-state index in [4.69, 9.17) is 0 Å². The Morgan fingerprint density at radius 3 is 2.90 bits per heavy atom. The molecule has 98 valence electrons. The monoisotopic (exact) mass is 279 g/mol. The van der Waals surface area contributed by atoms with Crippen LogP contribution in [0.2, 0.25) is 0 Å². The van der Waals surface area contributed by atoms with Gasteiger partial charge in [-0.2, -0.15) is 5.26 Å². The number of nitriles is 1. The number of rotatable bonds is 4. The van der Waals surface area contributed by atoms with Crippen molar-refractivity contribution >= 4 is 28.1 Å². The van der Waals surface area contributed by atoms with Gasteiger partial charge in [0.15, 0.2) is 0 Å². The first-order valence-electron chi connectivity index (χ1n) is 6.43. The number of nitrogens with zero attached hydrogens (tertiary/aromatic N) is 2. The lowest BCUT2D eigenvalue weighted by Crippen LogP contribution is -2.06. The summed E-state index contributed by atoms with van der Waals surface area (Å²) in [6, 6.07) is 16.0. The van der Waals surface area contributed by atoms with Crippen molar-refractivity contribution in [1.82, 2.24) is 4.98 Å². The highest BCUT2D eigenvalue weighted by Crippen LogP contribution is 2.20. The van der Waals surface area contributed by atoms with Gasteiger partial charge in [0.25, 0.3) is 0 Å². The molecule has 1 N–H and O–H groups in total. The van der Waals surface area contributed by atoms with Gasteiger partial charge >= 0.3 is 0 Å². The molecule has 4 heteroatoms. The molecule has 3 rings (SSSR count). The molecule has 0 radical (unpaired) electrons. The van der Waals surface area contributed by atoms with Crippen LogP contribution in [0.25, 0.3) is 10.9 Å². The maximum absolute atomic E-state index is 9.23. The summed E-state index contributed by atoms with van der Waals surface area (Å²) in [6.07, 6.45) is 0.966.